The van der Waals surface area contributed by atoms with Crippen molar-refractivity contribution in [3.05, 3.63) is 35.4 Å². The van der Waals surface area contributed by atoms with Crippen LogP contribution in [0.4, 0.5) is 0 Å². The second-order valence-corrected chi connectivity index (χ2v) is 4.19. The van der Waals surface area contributed by atoms with E-state index in [1.165, 1.54) is 5.56 Å². The van der Waals surface area contributed by atoms with Gasteiger partial charge in [-0.05, 0) is 24.5 Å². The van der Waals surface area contributed by atoms with Gasteiger partial charge >= 0.3 is 0 Å². The van der Waals surface area contributed by atoms with Gasteiger partial charge in [0.25, 0.3) is 0 Å². The third-order valence-electron chi connectivity index (χ3n) is 3.31. The molecule has 0 saturated carbocycles. The summed E-state index contributed by atoms with van der Waals surface area (Å²) in [5.41, 5.74) is 8.30. The third-order valence-corrected chi connectivity index (χ3v) is 3.31. The van der Waals surface area contributed by atoms with Crippen molar-refractivity contribution >= 4 is 5.91 Å². The molecule has 1 aliphatic heterocycles. The summed E-state index contributed by atoms with van der Waals surface area (Å²) in [5, 5.41) is 0. The van der Waals surface area contributed by atoms with Crippen LogP contribution in [0.25, 0.3) is 0 Å². The lowest BCUT2D eigenvalue weighted by molar-refractivity contribution is -0.149. The van der Waals surface area contributed by atoms with Crippen LogP contribution >= 0.6 is 0 Å². The second kappa shape index (κ2) is 4.26. The van der Waals surface area contributed by atoms with E-state index in [0.717, 1.165) is 18.5 Å². The molecule has 86 valence electrons. The van der Waals surface area contributed by atoms with Gasteiger partial charge in [0.05, 0.1) is 6.04 Å². The number of likely N-dealkylation sites (tertiary alicyclic amines) is 1. The van der Waals surface area contributed by atoms with Crippen molar-refractivity contribution in [3.63, 3.8) is 0 Å². The van der Waals surface area contributed by atoms with E-state index in [-0.39, 0.29) is 18.0 Å². The quantitative estimate of drug-likeness (QED) is 0.781. The number of benzene rings is 1. The number of amides is 1. The zero-order chi connectivity index (χ0) is 11.7. The maximum atomic E-state index is 11.5. The minimum atomic E-state index is -0.354. The molecule has 1 saturated heterocycles. The van der Waals surface area contributed by atoms with E-state index in [0.29, 0.717) is 0 Å². The molecule has 0 unspecified atom stereocenters. The number of hydrogen-bond acceptors (Lipinski definition) is 2. The van der Waals surface area contributed by atoms with Crippen LogP contribution in [-0.4, -0.2) is 23.4 Å². The lowest BCUT2D eigenvalue weighted by Gasteiger charge is -2.45. The molecule has 0 spiro atoms. The summed E-state index contributed by atoms with van der Waals surface area (Å²) >= 11 is 0. The van der Waals surface area contributed by atoms with Crippen molar-refractivity contribution < 1.29 is 4.79 Å². The minimum Gasteiger partial charge on any atom is -0.332 e. The van der Waals surface area contributed by atoms with Crippen molar-refractivity contribution in [2.75, 3.05) is 6.54 Å². The molecule has 2 N–H and O–H groups in total. The number of hydrogen-bond donors (Lipinski definition) is 1. The highest BCUT2D eigenvalue weighted by Gasteiger charge is 2.44. The van der Waals surface area contributed by atoms with Crippen LogP contribution < -0.4 is 5.73 Å². The number of likely N-dealkylation sites (N-methyl/N-ethyl adjacent to an activating group) is 1. The zero-order valence-electron chi connectivity index (χ0n) is 9.81. The molecule has 1 aliphatic rings. The van der Waals surface area contributed by atoms with E-state index < -0.39 is 0 Å². The molecular weight excluding hydrogens is 200 g/mol. The largest absolute Gasteiger partial charge is 0.332 e. The lowest BCUT2D eigenvalue weighted by Crippen LogP contribution is -2.62. The molecule has 1 fully saturated rings. The number of nitrogens with two attached hydrogens (primary N) is 1. The number of carbonyl (C=O) groups is 1. The summed E-state index contributed by atoms with van der Waals surface area (Å²) in [4.78, 5) is 13.3. The highest BCUT2D eigenvalue weighted by atomic mass is 16.2. The number of nitrogens with zero attached hydrogens (tertiary/aromatic N) is 1. The summed E-state index contributed by atoms with van der Waals surface area (Å²) in [7, 11) is 0. The SMILES string of the molecule is CCc1ccc([C@H]2[C@@H](N)C(=O)N2CC)cc1. The van der Waals surface area contributed by atoms with Gasteiger partial charge in [-0.2, -0.15) is 0 Å². The predicted octanol–water partition coefficient (Wildman–Crippen LogP) is 1.48. The molecule has 2 rings (SSSR count). The van der Waals surface area contributed by atoms with Gasteiger partial charge in [0.1, 0.15) is 6.04 Å². The Balaban J connectivity index is 2.20. The Labute approximate surface area is 96.2 Å². The van der Waals surface area contributed by atoms with Crippen LogP contribution in [0, 0.1) is 0 Å². The van der Waals surface area contributed by atoms with Crippen molar-refractivity contribution in [2.45, 2.75) is 32.4 Å². The topological polar surface area (TPSA) is 46.3 Å². The van der Waals surface area contributed by atoms with Gasteiger partial charge in [-0.1, -0.05) is 31.2 Å². The van der Waals surface area contributed by atoms with Crippen LogP contribution in [-0.2, 0) is 11.2 Å². The molecule has 0 aliphatic carbocycles. The molecule has 1 aromatic carbocycles. The molecule has 1 amide bonds. The fourth-order valence-corrected chi connectivity index (χ4v) is 2.27. The minimum absolute atomic E-state index is 0.0621. The van der Waals surface area contributed by atoms with Gasteiger partial charge < -0.3 is 10.6 Å². The maximum absolute atomic E-state index is 11.5. The second-order valence-electron chi connectivity index (χ2n) is 4.19. The Morgan fingerprint density at radius 1 is 1.25 bits per heavy atom. The van der Waals surface area contributed by atoms with Gasteiger partial charge in [-0.25, -0.2) is 0 Å². The van der Waals surface area contributed by atoms with Crippen molar-refractivity contribution in [3.8, 4) is 0 Å². The summed E-state index contributed by atoms with van der Waals surface area (Å²) < 4.78 is 0. The molecule has 2 atom stereocenters. The summed E-state index contributed by atoms with van der Waals surface area (Å²) in [6.45, 7) is 4.84. The molecule has 3 nitrogen and oxygen atoms in total. The van der Waals surface area contributed by atoms with Crippen LogP contribution in [0.2, 0.25) is 0 Å². The van der Waals surface area contributed by atoms with E-state index >= 15 is 0 Å². The van der Waals surface area contributed by atoms with Crippen molar-refractivity contribution in [2.24, 2.45) is 5.73 Å². The van der Waals surface area contributed by atoms with Crippen LogP contribution in [0.1, 0.15) is 31.0 Å². The molecule has 1 heterocycles. The molecule has 0 bridgehead atoms. The van der Waals surface area contributed by atoms with Gasteiger partial charge in [-0.3, -0.25) is 4.79 Å². The van der Waals surface area contributed by atoms with Gasteiger partial charge in [0.2, 0.25) is 5.91 Å². The number of aryl methyl sites for hydroxylation is 1. The Hall–Kier alpha value is -1.35. The van der Waals surface area contributed by atoms with Crippen molar-refractivity contribution in [1.29, 1.82) is 0 Å². The van der Waals surface area contributed by atoms with E-state index in [4.69, 9.17) is 5.73 Å². The zero-order valence-corrected chi connectivity index (χ0v) is 9.81. The Morgan fingerprint density at radius 2 is 1.88 bits per heavy atom. The fourth-order valence-electron chi connectivity index (χ4n) is 2.27. The van der Waals surface area contributed by atoms with Crippen LogP contribution in [0.3, 0.4) is 0 Å². The molecule has 16 heavy (non-hydrogen) atoms. The predicted molar refractivity (Wildman–Crippen MR) is 63.9 cm³/mol. The number of β-lactam (4-membered cyclic amide) rings is 1. The molecule has 3 heteroatoms. The highest BCUT2D eigenvalue weighted by molar-refractivity contribution is 5.89. The Bertz CT molecular complexity index is 385. The standard InChI is InChI=1S/C13H18N2O/c1-3-9-5-7-10(8-6-9)12-11(14)13(16)15(12)4-2/h5-8,11-12H,3-4,14H2,1-2H3/t11-,12+/m1/s1. The van der Waals surface area contributed by atoms with Gasteiger partial charge in [-0.15, -0.1) is 0 Å². The molecule has 1 aromatic rings. The number of rotatable bonds is 3. The monoisotopic (exact) mass is 218 g/mol. The van der Waals surface area contributed by atoms with Crippen LogP contribution in [0.5, 0.6) is 0 Å². The smallest absolute Gasteiger partial charge is 0.242 e. The lowest BCUT2D eigenvalue weighted by atomic mass is 9.88. The van der Waals surface area contributed by atoms with Gasteiger partial charge in [0, 0.05) is 6.54 Å². The maximum Gasteiger partial charge on any atom is 0.242 e. The van der Waals surface area contributed by atoms with Crippen molar-refractivity contribution in [1.82, 2.24) is 4.90 Å². The first-order chi connectivity index (χ1) is 7.69. The Kier molecular flexibility index (Phi) is 2.97. The molecule has 0 radical (unpaired) electrons. The summed E-state index contributed by atoms with van der Waals surface area (Å²) in [6.07, 6.45) is 1.04. The fraction of sp³-hybridized carbons (Fsp3) is 0.462. The van der Waals surface area contributed by atoms with E-state index in [9.17, 15) is 4.79 Å². The number of carbonyl (C=O) groups excluding carboxylic acids is 1. The first-order valence-corrected chi connectivity index (χ1v) is 5.84. The molecule has 0 aromatic heterocycles. The van der Waals surface area contributed by atoms with E-state index in [1.807, 2.05) is 11.8 Å². The Morgan fingerprint density at radius 3 is 2.38 bits per heavy atom. The first kappa shape index (κ1) is 11.1. The summed E-state index contributed by atoms with van der Waals surface area (Å²) in [5.74, 6) is 0.0621. The summed E-state index contributed by atoms with van der Waals surface area (Å²) in [6, 6.07) is 8.10. The average Bonchev–Trinajstić information content (AvgIpc) is 2.34. The average molecular weight is 218 g/mol. The normalized spacial score (nSPS) is 24.4. The molecular formula is C13H18N2O. The van der Waals surface area contributed by atoms with E-state index in [2.05, 4.69) is 31.2 Å². The first-order valence-electron chi connectivity index (χ1n) is 5.84. The highest BCUT2D eigenvalue weighted by Crippen LogP contribution is 2.33. The van der Waals surface area contributed by atoms with Crippen LogP contribution in [0.15, 0.2) is 24.3 Å². The van der Waals surface area contributed by atoms with Gasteiger partial charge in [0.15, 0.2) is 0 Å². The third kappa shape index (κ3) is 1.61. The van der Waals surface area contributed by atoms with E-state index in [1.54, 1.807) is 0 Å².